The average molecular weight is 619 g/mol. The second kappa shape index (κ2) is 12.7. The first-order chi connectivity index (χ1) is 22.1. The van der Waals surface area contributed by atoms with Crippen molar-refractivity contribution in [3.05, 3.63) is 108 Å². The number of amides is 2. The molecule has 3 N–H and O–H groups in total. The van der Waals surface area contributed by atoms with Gasteiger partial charge >= 0.3 is 6.03 Å². The molecule has 2 aliphatic rings. The number of rotatable bonds is 3. The Labute approximate surface area is 266 Å². The topological polar surface area (TPSA) is 108 Å². The third kappa shape index (κ3) is 6.76. The van der Waals surface area contributed by atoms with Crippen LogP contribution in [0.15, 0.2) is 97.3 Å². The molecule has 45 heavy (non-hydrogen) atoms. The molecule has 0 spiro atoms. The third-order valence-corrected chi connectivity index (χ3v) is 8.02. The molecule has 0 saturated carbocycles. The van der Waals surface area contributed by atoms with E-state index in [-0.39, 0.29) is 6.03 Å². The molecule has 10 nitrogen and oxygen atoms in total. The fraction of sp³-hybridized carbons (Fsp3) is 0.176. The van der Waals surface area contributed by atoms with Crippen LogP contribution in [0.1, 0.15) is 5.56 Å². The number of hydrogen-bond donors (Lipinski definition) is 3. The van der Waals surface area contributed by atoms with Gasteiger partial charge in [0.2, 0.25) is 5.95 Å². The number of carbonyl (C=O) groups excluding carboxylic acids is 1. The number of urea groups is 1. The molecule has 4 heterocycles. The van der Waals surface area contributed by atoms with Gasteiger partial charge in [-0.3, -0.25) is 0 Å². The van der Waals surface area contributed by atoms with Crippen LogP contribution in [0.3, 0.4) is 0 Å². The van der Waals surface area contributed by atoms with Crippen molar-refractivity contribution in [1.82, 2.24) is 19.9 Å². The molecule has 0 aliphatic carbocycles. The first-order valence-electron chi connectivity index (χ1n) is 14.8. The van der Waals surface area contributed by atoms with Crippen LogP contribution in [-0.2, 0) is 6.42 Å². The van der Waals surface area contributed by atoms with Gasteiger partial charge in [0.15, 0.2) is 5.82 Å². The maximum Gasteiger partial charge on any atom is 0.321 e. The van der Waals surface area contributed by atoms with Gasteiger partial charge in [-0.25, -0.2) is 14.8 Å². The first-order valence-corrected chi connectivity index (χ1v) is 15.2. The van der Waals surface area contributed by atoms with Crippen molar-refractivity contribution in [2.75, 3.05) is 53.6 Å². The summed E-state index contributed by atoms with van der Waals surface area (Å²) in [6, 6.07) is 27.6. The van der Waals surface area contributed by atoms with Gasteiger partial charge < -0.3 is 30.5 Å². The van der Waals surface area contributed by atoms with Crippen LogP contribution in [0.25, 0.3) is 11.1 Å². The quantitative estimate of drug-likeness (QED) is 0.199. The Hall–Kier alpha value is -5.35. The van der Waals surface area contributed by atoms with E-state index in [2.05, 4.69) is 55.1 Å². The van der Waals surface area contributed by atoms with Gasteiger partial charge in [0.05, 0.1) is 12.8 Å². The van der Waals surface area contributed by atoms with E-state index in [9.17, 15) is 4.79 Å². The van der Waals surface area contributed by atoms with E-state index in [4.69, 9.17) is 21.3 Å². The van der Waals surface area contributed by atoms with Gasteiger partial charge in [0.1, 0.15) is 16.6 Å². The van der Waals surface area contributed by atoms with Crippen molar-refractivity contribution in [3.63, 3.8) is 0 Å². The maximum absolute atomic E-state index is 12.7. The number of hydrogen-bond acceptors (Lipinski definition) is 8. The standard InChI is InChI=1S/C34H31ClN8O2/c35-30-22-37-33-39-28-18-23(11-16-45-29-8-4-7-27(20-29)38-32(30)41-33)17-25(19-28)24-9-10-31(36-21-24)42-12-14-43(15-13-42)34(44)40-26-5-2-1-3-6-26/h1-10,17-22H,11-16H2,(H,40,44)(H2,37,38,39,41). The van der Waals surface area contributed by atoms with E-state index in [1.54, 1.807) is 6.20 Å². The number of anilines is 6. The van der Waals surface area contributed by atoms with Crippen LogP contribution in [0, 0.1) is 0 Å². The van der Waals surface area contributed by atoms with Crippen LogP contribution in [0.5, 0.6) is 5.75 Å². The molecule has 7 rings (SSSR count). The summed E-state index contributed by atoms with van der Waals surface area (Å²) in [4.78, 5) is 30.6. The van der Waals surface area contributed by atoms with E-state index >= 15 is 0 Å². The molecule has 1 saturated heterocycles. The lowest BCUT2D eigenvalue weighted by Crippen LogP contribution is -2.50. The number of aromatic nitrogens is 3. The number of piperazine rings is 1. The van der Waals surface area contributed by atoms with Crippen molar-refractivity contribution in [2.24, 2.45) is 0 Å². The largest absolute Gasteiger partial charge is 0.493 e. The molecular formula is C34H31ClN8O2. The second-order valence-electron chi connectivity index (χ2n) is 10.9. The number of fused-ring (bicyclic) bond motifs is 6. The number of nitrogens with zero attached hydrogens (tertiary/aromatic N) is 5. The number of nitrogens with one attached hydrogen (secondary N) is 3. The SMILES string of the molecule is O=C(Nc1ccccc1)N1CCN(c2ccc(-c3cc4cc(c3)Nc3ncc(Cl)c(n3)Nc3cccc(c3)OCC4)cn2)CC1. The summed E-state index contributed by atoms with van der Waals surface area (Å²) in [6.45, 7) is 3.17. The van der Waals surface area contributed by atoms with Crippen LogP contribution in [0.4, 0.5) is 39.4 Å². The molecule has 6 bridgehead atoms. The van der Waals surface area contributed by atoms with Crippen molar-refractivity contribution in [1.29, 1.82) is 0 Å². The van der Waals surface area contributed by atoms with Crippen LogP contribution >= 0.6 is 11.6 Å². The molecule has 5 aromatic rings. The monoisotopic (exact) mass is 618 g/mol. The third-order valence-electron chi connectivity index (χ3n) is 7.75. The summed E-state index contributed by atoms with van der Waals surface area (Å²) in [5.41, 5.74) is 5.56. The van der Waals surface area contributed by atoms with Gasteiger partial charge in [-0.15, -0.1) is 0 Å². The maximum atomic E-state index is 12.7. The van der Waals surface area contributed by atoms with Gasteiger partial charge in [-0.1, -0.05) is 41.9 Å². The lowest BCUT2D eigenvalue weighted by molar-refractivity contribution is 0.208. The Bertz CT molecular complexity index is 1810. The minimum absolute atomic E-state index is 0.0824. The summed E-state index contributed by atoms with van der Waals surface area (Å²) in [7, 11) is 0. The summed E-state index contributed by atoms with van der Waals surface area (Å²) >= 11 is 6.41. The fourth-order valence-corrected chi connectivity index (χ4v) is 5.55. The molecule has 11 heteroatoms. The Morgan fingerprint density at radius 1 is 0.822 bits per heavy atom. The molecule has 0 atom stereocenters. The fourth-order valence-electron chi connectivity index (χ4n) is 5.41. The molecule has 226 valence electrons. The van der Waals surface area contributed by atoms with Gasteiger partial charge in [0.25, 0.3) is 0 Å². The smallest absolute Gasteiger partial charge is 0.321 e. The van der Waals surface area contributed by atoms with Crippen LogP contribution in [-0.4, -0.2) is 58.7 Å². The summed E-state index contributed by atoms with van der Waals surface area (Å²) in [5, 5.41) is 9.99. The van der Waals surface area contributed by atoms with Gasteiger partial charge in [0, 0.05) is 67.5 Å². The predicted octanol–water partition coefficient (Wildman–Crippen LogP) is 6.97. The summed E-state index contributed by atoms with van der Waals surface area (Å²) < 4.78 is 6.08. The van der Waals surface area contributed by atoms with Gasteiger partial charge in [-0.05, 0) is 59.7 Å². The number of benzene rings is 3. The van der Waals surface area contributed by atoms with E-state index in [0.29, 0.717) is 56.0 Å². The van der Waals surface area contributed by atoms with Crippen molar-refractivity contribution < 1.29 is 9.53 Å². The highest BCUT2D eigenvalue weighted by molar-refractivity contribution is 6.32. The van der Waals surface area contributed by atoms with Crippen molar-refractivity contribution in [2.45, 2.75) is 6.42 Å². The van der Waals surface area contributed by atoms with E-state index in [1.165, 1.54) is 0 Å². The highest BCUT2D eigenvalue weighted by atomic mass is 35.5. The minimum atomic E-state index is -0.0824. The normalized spacial score (nSPS) is 14.3. The second-order valence-corrected chi connectivity index (χ2v) is 11.3. The molecule has 1 fully saturated rings. The molecule has 3 aromatic carbocycles. The van der Waals surface area contributed by atoms with E-state index < -0.39 is 0 Å². The molecule has 2 aliphatic heterocycles. The summed E-state index contributed by atoms with van der Waals surface area (Å²) in [5.74, 6) is 2.57. The van der Waals surface area contributed by atoms with Gasteiger partial charge in [-0.2, -0.15) is 4.98 Å². The molecule has 0 radical (unpaired) electrons. The first kappa shape index (κ1) is 28.4. The molecule has 2 aromatic heterocycles. The zero-order chi connectivity index (χ0) is 30.6. The number of ether oxygens (including phenoxy) is 1. The molecule has 0 unspecified atom stereocenters. The lowest BCUT2D eigenvalue weighted by atomic mass is 10.0. The highest BCUT2D eigenvalue weighted by Crippen LogP contribution is 2.30. The zero-order valence-electron chi connectivity index (χ0n) is 24.4. The van der Waals surface area contributed by atoms with Crippen LogP contribution < -0.4 is 25.6 Å². The predicted molar refractivity (Wildman–Crippen MR) is 178 cm³/mol. The minimum Gasteiger partial charge on any atom is -0.493 e. The Kier molecular flexibility index (Phi) is 8.03. The van der Waals surface area contributed by atoms with Crippen LogP contribution in [0.2, 0.25) is 5.02 Å². The van der Waals surface area contributed by atoms with Crippen molar-refractivity contribution >= 4 is 52.3 Å². The van der Waals surface area contributed by atoms with E-state index in [1.807, 2.05) is 71.8 Å². The van der Waals surface area contributed by atoms with E-state index in [0.717, 1.165) is 45.3 Å². The highest BCUT2D eigenvalue weighted by Gasteiger charge is 2.22. The number of halogens is 1. The van der Waals surface area contributed by atoms with Crippen molar-refractivity contribution in [3.8, 4) is 16.9 Å². The molecule has 2 amide bonds. The Morgan fingerprint density at radius 2 is 1.69 bits per heavy atom. The number of pyridine rings is 1. The lowest BCUT2D eigenvalue weighted by Gasteiger charge is -2.35. The molecular weight excluding hydrogens is 588 g/mol. The Balaban J connectivity index is 1.07. The number of carbonyl (C=O) groups is 1. The average Bonchev–Trinajstić information content (AvgIpc) is 3.07. The number of para-hydroxylation sites is 1. The summed E-state index contributed by atoms with van der Waals surface area (Å²) in [6.07, 6.45) is 4.18. The Morgan fingerprint density at radius 3 is 2.51 bits per heavy atom. The zero-order valence-corrected chi connectivity index (χ0v) is 25.2.